The number of likely N-dealkylation sites (N-methyl/N-ethyl adjacent to an activating group) is 2. The summed E-state index contributed by atoms with van der Waals surface area (Å²) in [5, 5.41) is 10.6. The number of hydrogen-bond acceptors (Lipinski definition) is 3. The average molecular weight is 299 g/mol. The van der Waals surface area contributed by atoms with E-state index in [4.69, 9.17) is 0 Å². The van der Waals surface area contributed by atoms with Gasteiger partial charge < -0.3 is 10.0 Å². The molecular weight excluding hydrogens is 260 g/mol. The molecule has 1 saturated carbocycles. The Morgan fingerprint density at radius 3 is 2.29 bits per heavy atom. The zero-order chi connectivity index (χ0) is 16.2. The van der Waals surface area contributed by atoms with Crippen LogP contribution in [0.4, 0.5) is 0 Å². The normalized spacial score (nSPS) is 29.1. The molecule has 1 aliphatic carbocycles. The predicted octanol–water partition coefficient (Wildman–Crippen LogP) is 3.22. The van der Waals surface area contributed by atoms with Crippen molar-refractivity contribution in [1.82, 2.24) is 9.80 Å². The van der Waals surface area contributed by atoms with Gasteiger partial charge in [-0.05, 0) is 58.2 Å². The zero-order valence-electron chi connectivity index (χ0n) is 15.4. The maximum absolute atomic E-state index is 10.6. The highest BCUT2D eigenvalue weighted by Gasteiger charge is 2.39. The van der Waals surface area contributed by atoms with Gasteiger partial charge >= 0.3 is 0 Å². The van der Waals surface area contributed by atoms with E-state index in [1.807, 2.05) is 0 Å². The lowest BCUT2D eigenvalue weighted by atomic mass is 9.67. The summed E-state index contributed by atoms with van der Waals surface area (Å²) in [5.41, 5.74) is 0.391. The van der Waals surface area contributed by atoms with Crippen molar-refractivity contribution >= 4 is 0 Å². The van der Waals surface area contributed by atoms with E-state index in [9.17, 15) is 5.11 Å². The molecule has 126 valence electrons. The Balaban J connectivity index is 2.81. The summed E-state index contributed by atoms with van der Waals surface area (Å²) in [6.45, 7) is 13.7. The average Bonchev–Trinajstić information content (AvgIpc) is 2.40. The predicted molar refractivity (Wildman–Crippen MR) is 91.6 cm³/mol. The molecule has 0 aliphatic heterocycles. The van der Waals surface area contributed by atoms with E-state index in [1.165, 1.54) is 12.8 Å². The molecule has 4 unspecified atom stereocenters. The first-order valence-electron chi connectivity index (χ1n) is 8.81. The van der Waals surface area contributed by atoms with Crippen molar-refractivity contribution in [1.29, 1.82) is 0 Å². The van der Waals surface area contributed by atoms with Gasteiger partial charge in [-0.15, -0.1) is 0 Å². The molecule has 3 nitrogen and oxygen atoms in total. The second kappa shape index (κ2) is 7.94. The molecule has 1 aliphatic rings. The first kappa shape index (κ1) is 18.9. The van der Waals surface area contributed by atoms with Crippen LogP contribution in [-0.4, -0.2) is 60.3 Å². The van der Waals surface area contributed by atoms with Gasteiger partial charge in [0.25, 0.3) is 0 Å². The van der Waals surface area contributed by atoms with E-state index >= 15 is 0 Å². The van der Waals surface area contributed by atoms with E-state index in [1.54, 1.807) is 0 Å². The molecule has 0 bridgehead atoms. The fourth-order valence-electron chi connectivity index (χ4n) is 3.99. The van der Waals surface area contributed by atoms with Gasteiger partial charge in [-0.3, -0.25) is 4.90 Å². The summed E-state index contributed by atoms with van der Waals surface area (Å²) in [7, 11) is 4.26. The van der Waals surface area contributed by atoms with Crippen LogP contribution in [0.15, 0.2) is 0 Å². The van der Waals surface area contributed by atoms with Crippen LogP contribution in [0.25, 0.3) is 0 Å². The smallest absolute Gasteiger partial charge is 0.0695 e. The second-order valence-corrected chi connectivity index (χ2v) is 7.93. The molecule has 3 heteroatoms. The topological polar surface area (TPSA) is 26.7 Å². The van der Waals surface area contributed by atoms with Crippen molar-refractivity contribution in [2.45, 2.75) is 78.5 Å². The molecule has 1 N–H and O–H groups in total. The van der Waals surface area contributed by atoms with E-state index in [0.717, 1.165) is 31.8 Å². The minimum atomic E-state index is -0.154. The molecular formula is C18H38N2O. The van der Waals surface area contributed by atoms with Crippen molar-refractivity contribution in [3.05, 3.63) is 0 Å². The Morgan fingerprint density at radius 2 is 1.81 bits per heavy atom. The Hall–Kier alpha value is -0.120. The van der Waals surface area contributed by atoms with Gasteiger partial charge in [-0.1, -0.05) is 34.1 Å². The number of nitrogens with zero attached hydrogens (tertiary/aromatic N) is 2. The summed E-state index contributed by atoms with van der Waals surface area (Å²) in [4.78, 5) is 4.78. The standard InChI is InChI=1S/C18H38N2O/c1-8-18(4,5)15-10-11-17(21)16(12-15)20(9-2)14(3)13-19(6)7/h14-17,21H,8-13H2,1-7H3. The van der Waals surface area contributed by atoms with E-state index < -0.39 is 0 Å². The van der Waals surface area contributed by atoms with Crippen LogP contribution < -0.4 is 0 Å². The summed E-state index contributed by atoms with van der Waals surface area (Å²) in [6, 6.07) is 0.822. The minimum Gasteiger partial charge on any atom is -0.391 e. The number of aliphatic hydroxyl groups is 1. The van der Waals surface area contributed by atoms with Crippen LogP contribution in [-0.2, 0) is 0 Å². The zero-order valence-corrected chi connectivity index (χ0v) is 15.4. The van der Waals surface area contributed by atoms with Gasteiger partial charge in [-0.2, -0.15) is 0 Å². The molecule has 1 rings (SSSR count). The van der Waals surface area contributed by atoms with Gasteiger partial charge in [0.2, 0.25) is 0 Å². The first-order valence-corrected chi connectivity index (χ1v) is 8.81. The second-order valence-electron chi connectivity index (χ2n) is 7.93. The Labute approximate surface area is 132 Å². The molecule has 21 heavy (non-hydrogen) atoms. The SMILES string of the molecule is CCN(C(C)CN(C)C)C1CC(C(C)(C)CC)CCC1O. The molecule has 0 saturated heterocycles. The van der Waals surface area contributed by atoms with Crippen LogP contribution in [0.2, 0.25) is 0 Å². The van der Waals surface area contributed by atoms with Gasteiger partial charge in [0.05, 0.1) is 6.10 Å². The lowest BCUT2D eigenvalue weighted by Gasteiger charge is -2.47. The fraction of sp³-hybridized carbons (Fsp3) is 1.00. The third kappa shape index (κ3) is 4.94. The van der Waals surface area contributed by atoms with Crippen LogP contribution in [0.1, 0.15) is 60.3 Å². The van der Waals surface area contributed by atoms with Crippen LogP contribution in [0.3, 0.4) is 0 Å². The third-order valence-corrected chi connectivity index (χ3v) is 5.78. The van der Waals surface area contributed by atoms with Gasteiger partial charge in [0, 0.05) is 18.6 Å². The highest BCUT2D eigenvalue weighted by Crippen LogP contribution is 2.42. The highest BCUT2D eigenvalue weighted by atomic mass is 16.3. The van der Waals surface area contributed by atoms with Crippen molar-refractivity contribution in [3.63, 3.8) is 0 Å². The van der Waals surface area contributed by atoms with E-state index in [0.29, 0.717) is 17.5 Å². The van der Waals surface area contributed by atoms with Crippen LogP contribution in [0.5, 0.6) is 0 Å². The number of aliphatic hydroxyl groups excluding tert-OH is 1. The van der Waals surface area contributed by atoms with Gasteiger partial charge in [0.1, 0.15) is 0 Å². The number of hydrogen-bond donors (Lipinski definition) is 1. The molecule has 0 radical (unpaired) electrons. The molecule has 0 heterocycles. The first-order chi connectivity index (χ1) is 9.72. The van der Waals surface area contributed by atoms with Gasteiger partial charge in [0.15, 0.2) is 0 Å². The lowest BCUT2D eigenvalue weighted by Crippen LogP contribution is -2.54. The summed E-state index contributed by atoms with van der Waals surface area (Å²) in [5.74, 6) is 0.733. The quantitative estimate of drug-likeness (QED) is 0.782. The molecule has 0 aromatic carbocycles. The maximum Gasteiger partial charge on any atom is 0.0695 e. The Kier molecular flexibility index (Phi) is 7.15. The summed E-state index contributed by atoms with van der Waals surface area (Å²) >= 11 is 0. The molecule has 0 spiro atoms. The third-order valence-electron chi connectivity index (χ3n) is 5.78. The van der Waals surface area contributed by atoms with Crippen molar-refractivity contribution in [3.8, 4) is 0 Å². The molecule has 4 atom stereocenters. The Bertz CT molecular complexity index is 304. The van der Waals surface area contributed by atoms with Crippen LogP contribution >= 0.6 is 0 Å². The largest absolute Gasteiger partial charge is 0.391 e. The molecule has 1 fully saturated rings. The lowest BCUT2D eigenvalue weighted by molar-refractivity contribution is -0.0351. The summed E-state index contributed by atoms with van der Waals surface area (Å²) < 4.78 is 0. The maximum atomic E-state index is 10.6. The molecule has 0 amide bonds. The monoisotopic (exact) mass is 298 g/mol. The number of rotatable bonds is 7. The van der Waals surface area contributed by atoms with Gasteiger partial charge in [-0.25, -0.2) is 0 Å². The molecule has 0 aromatic rings. The minimum absolute atomic E-state index is 0.154. The van der Waals surface area contributed by atoms with Crippen molar-refractivity contribution in [2.24, 2.45) is 11.3 Å². The highest BCUT2D eigenvalue weighted by molar-refractivity contribution is 4.93. The van der Waals surface area contributed by atoms with E-state index in [-0.39, 0.29) is 6.10 Å². The molecule has 0 aromatic heterocycles. The van der Waals surface area contributed by atoms with Crippen molar-refractivity contribution < 1.29 is 5.11 Å². The van der Waals surface area contributed by atoms with E-state index in [2.05, 4.69) is 58.5 Å². The Morgan fingerprint density at radius 1 is 1.19 bits per heavy atom. The van der Waals surface area contributed by atoms with Crippen molar-refractivity contribution in [2.75, 3.05) is 27.2 Å². The summed E-state index contributed by atoms with van der Waals surface area (Å²) in [6.07, 6.45) is 4.36. The fourth-order valence-corrected chi connectivity index (χ4v) is 3.99. The van der Waals surface area contributed by atoms with Crippen LogP contribution in [0, 0.1) is 11.3 Å².